The zero-order chi connectivity index (χ0) is 22.9. The quantitative estimate of drug-likeness (QED) is 0.584. The summed E-state index contributed by atoms with van der Waals surface area (Å²) in [7, 11) is 1.67. The van der Waals surface area contributed by atoms with E-state index in [1.165, 1.54) is 4.90 Å². The molecule has 1 N–H and O–H groups in total. The lowest BCUT2D eigenvalue weighted by atomic mass is 9.81. The number of nitrogens with zero attached hydrogens (tertiary/aromatic N) is 2. The van der Waals surface area contributed by atoms with E-state index >= 15 is 0 Å². The van der Waals surface area contributed by atoms with Crippen LogP contribution in [0.5, 0.6) is 0 Å². The second-order valence-corrected chi connectivity index (χ2v) is 9.10. The molecule has 0 saturated carbocycles. The molecule has 32 heavy (non-hydrogen) atoms. The minimum Gasteiger partial charge on any atom is -0.339 e. The average molecular weight is 448 g/mol. The fourth-order valence-corrected chi connectivity index (χ4v) is 4.68. The van der Waals surface area contributed by atoms with Crippen molar-refractivity contribution in [3.05, 3.63) is 93.2 Å². The van der Waals surface area contributed by atoms with Crippen LogP contribution in [-0.4, -0.2) is 41.2 Å². The van der Waals surface area contributed by atoms with Crippen LogP contribution in [0.1, 0.15) is 27.1 Å². The highest BCUT2D eigenvalue weighted by atomic mass is 32.1. The predicted molar refractivity (Wildman–Crippen MR) is 124 cm³/mol. The molecule has 0 bridgehead atoms. The first-order chi connectivity index (χ1) is 15.3. The summed E-state index contributed by atoms with van der Waals surface area (Å²) in [5.41, 5.74) is 2.07. The van der Waals surface area contributed by atoms with Gasteiger partial charge >= 0.3 is 6.03 Å². The van der Waals surface area contributed by atoms with Gasteiger partial charge in [0.25, 0.3) is 5.91 Å². The monoisotopic (exact) mass is 447 g/mol. The van der Waals surface area contributed by atoms with Gasteiger partial charge in [0.05, 0.1) is 6.54 Å². The molecule has 6 nitrogen and oxygen atoms in total. The Morgan fingerprint density at radius 3 is 2.41 bits per heavy atom. The Hall–Kier alpha value is -3.45. The van der Waals surface area contributed by atoms with E-state index in [0.29, 0.717) is 17.7 Å². The number of rotatable bonds is 6. The van der Waals surface area contributed by atoms with Crippen LogP contribution in [0.4, 0.5) is 4.79 Å². The van der Waals surface area contributed by atoms with Crippen LogP contribution in [0.2, 0.25) is 0 Å². The predicted octanol–water partition coefficient (Wildman–Crippen LogP) is 3.82. The van der Waals surface area contributed by atoms with Crippen molar-refractivity contribution >= 4 is 29.2 Å². The van der Waals surface area contributed by atoms with E-state index in [4.69, 9.17) is 0 Å². The topological polar surface area (TPSA) is 69.7 Å². The summed E-state index contributed by atoms with van der Waals surface area (Å²) in [5, 5.41) is 4.85. The van der Waals surface area contributed by atoms with Crippen molar-refractivity contribution in [3.8, 4) is 0 Å². The SMILES string of the molecule is Cc1ccc(C2(c3ccccc3)NC(=O)N(CC(=O)N(C)Cc3cccs3)C2=O)cc1C. The van der Waals surface area contributed by atoms with E-state index in [1.807, 2.05) is 79.9 Å². The lowest BCUT2D eigenvalue weighted by Gasteiger charge is -2.28. The van der Waals surface area contributed by atoms with Crippen molar-refractivity contribution in [2.24, 2.45) is 0 Å². The largest absolute Gasteiger partial charge is 0.339 e. The zero-order valence-electron chi connectivity index (χ0n) is 18.3. The van der Waals surface area contributed by atoms with Crippen LogP contribution in [0, 0.1) is 13.8 Å². The maximum Gasteiger partial charge on any atom is 0.326 e. The van der Waals surface area contributed by atoms with E-state index in [-0.39, 0.29) is 12.5 Å². The molecule has 1 unspecified atom stereocenters. The van der Waals surface area contributed by atoms with Gasteiger partial charge in [-0.25, -0.2) is 4.79 Å². The van der Waals surface area contributed by atoms with Crippen molar-refractivity contribution in [3.63, 3.8) is 0 Å². The van der Waals surface area contributed by atoms with E-state index in [0.717, 1.165) is 20.9 Å². The first-order valence-electron chi connectivity index (χ1n) is 10.4. The van der Waals surface area contributed by atoms with Crippen molar-refractivity contribution < 1.29 is 14.4 Å². The summed E-state index contributed by atoms with van der Waals surface area (Å²) in [5.74, 6) is -0.749. The fourth-order valence-electron chi connectivity index (χ4n) is 3.92. The fraction of sp³-hybridized carbons (Fsp3) is 0.240. The third-order valence-electron chi connectivity index (χ3n) is 5.94. The van der Waals surface area contributed by atoms with Gasteiger partial charge in [-0.05, 0) is 47.5 Å². The summed E-state index contributed by atoms with van der Waals surface area (Å²) in [6, 6.07) is 18.2. The van der Waals surface area contributed by atoms with Gasteiger partial charge in [0.1, 0.15) is 6.54 Å². The number of benzene rings is 2. The Morgan fingerprint density at radius 2 is 1.75 bits per heavy atom. The maximum absolute atomic E-state index is 13.8. The molecule has 4 rings (SSSR count). The van der Waals surface area contributed by atoms with Crippen LogP contribution < -0.4 is 5.32 Å². The number of nitrogens with one attached hydrogen (secondary N) is 1. The molecule has 0 spiro atoms. The average Bonchev–Trinajstić information content (AvgIpc) is 3.38. The molecule has 0 aliphatic carbocycles. The summed E-state index contributed by atoms with van der Waals surface area (Å²) < 4.78 is 0. The van der Waals surface area contributed by atoms with Crippen LogP contribution >= 0.6 is 11.3 Å². The number of carbonyl (C=O) groups is 3. The van der Waals surface area contributed by atoms with E-state index in [9.17, 15) is 14.4 Å². The first kappa shape index (κ1) is 21.8. The molecule has 1 atom stereocenters. The number of hydrogen-bond donors (Lipinski definition) is 1. The number of amides is 4. The molecule has 3 aromatic rings. The Balaban J connectivity index is 1.67. The zero-order valence-corrected chi connectivity index (χ0v) is 19.1. The first-order valence-corrected chi connectivity index (χ1v) is 11.2. The van der Waals surface area contributed by atoms with Gasteiger partial charge in [-0.1, -0.05) is 54.6 Å². The Labute approximate surface area is 191 Å². The molecule has 7 heteroatoms. The minimum atomic E-state index is -1.37. The lowest BCUT2D eigenvalue weighted by Crippen LogP contribution is -2.46. The third-order valence-corrected chi connectivity index (χ3v) is 6.81. The number of likely N-dealkylation sites (N-methyl/N-ethyl adjacent to an activating group) is 1. The lowest BCUT2D eigenvalue weighted by molar-refractivity contribution is -0.138. The summed E-state index contributed by atoms with van der Waals surface area (Å²) in [6.45, 7) is 4.09. The molecule has 164 valence electrons. The number of hydrogen-bond acceptors (Lipinski definition) is 4. The summed E-state index contributed by atoms with van der Waals surface area (Å²) in [4.78, 5) is 43.2. The Bertz CT molecular complexity index is 1160. The van der Waals surface area contributed by atoms with Crippen LogP contribution in [-0.2, 0) is 21.7 Å². The maximum atomic E-state index is 13.8. The molecule has 1 aromatic heterocycles. The molecule has 0 radical (unpaired) electrons. The second-order valence-electron chi connectivity index (χ2n) is 8.07. The van der Waals surface area contributed by atoms with Gasteiger partial charge in [0.15, 0.2) is 5.54 Å². The molecule has 1 saturated heterocycles. The van der Waals surface area contributed by atoms with Gasteiger partial charge < -0.3 is 10.2 Å². The number of urea groups is 1. The number of thiophene rings is 1. The molecular weight excluding hydrogens is 422 g/mol. The summed E-state index contributed by atoms with van der Waals surface area (Å²) >= 11 is 1.56. The van der Waals surface area contributed by atoms with Crippen molar-refractivity contribution in [2.45, 2.75) is 25.9 Å². The van der Waals surface area contributed by atoms with Crippen molar-refractivity contribution in [1.82, 2.24) is 15.1 Å². The normalized spacial score (nSPS) is 18.0. The van der Waals surface area contributed by atoms with Crippen LogP contribution in [0.3, 0.4) is 0 Å². The van der Waals surface area contributed by atoms with E-state index < -0.39 is 17.5 Å². The molecule has 1 aliphatic heterocycles. The third kappa shape index (κ3) is 3.80. The van der Waals surface area contributed by atoms with E-state index in [1.54, 1.807) is 18.4 Å². The highest BCUT2D eigenvalue weighted by molar-refractivity contribution is 7.09. The summed E-state index contributed by atoms with van der Waals surface area (Å²) in [6.07, 6.45) is 0. The standard InChI is InChI=1S/C25H25N3O3S/c1-17-11-12-20(14-18(17)2)25(19-8-5-4-6-9-19)23(30)28(24(31)26-25)16-22(29)27(3)15-21-10-7-13-32-21/h4-14H,15-16H2,1-3H3,(H,26,31). The minimum absolute atomic E-state index is 0.300. The molecule has 1 aliphatic rings. The van der Waals surface area contributed by atoms with Gasteiger partial charge in [0, 0.05) is 11.9 Å². The van der Waals surface area contributed by atoms with Gasteiger partial charge in [-0.15, -0.1) is 11.3 Å². The van der Waals surface area contributed by atoms with Crippen molar-refractivity contribution in [1.29, 1.82) is 0 Å². The molecule has 2 heterocycles. The molecule has 4 amide bonds. The Morgan fingerprint density at radius 1 is 1.00 bits per heavy atom. The van der Waals surface area contributed by atoms with Gasteiger partial charge in [-0.3, -0.25) is 14.5 Å². The smallest absolute Gasteiger partial charge is 0.326 e. The second kappa shape index (κ2) is 8.59. The van der Waals surface area contributed by atoms with Gasteiger partial charge in [0.2, 0.25) is 5.91 Å². The number of imide groups is 1. The van der Waals surface area contributed by atoms with Gasteiger partial charge in [-0.2, -0.15) is 0 Å². The van der Waals surface area contributed by atoms with Crippen molar-refractivity contribution in [2.75, 3.05) is 13.6 Å². The van der Waals surface area contributed by atoms with E-state index in [2.05, 4.69) is 5.32 Å². The molecular formula is C25H25N3O3S. The Kier molecular flexibility index (Phi) is 5.84. The highest BCUT2D eigenvalue weighted by Gasteiger charge is 2.54. The number of aryl methyl sites for hydroxylation is 2. The molecule has 2 aromatic carbocycles. The molecule has 1 fully saturated rings. The van der Waals surface area contributed by atoms with Crippen LogP contribution in [0.15, 0.2) is 66.0 Å². The number of carbonyl (C=O) groups excluding carboxylic acids is 3. The highest BCUT2D eigenvalue weighted by Crippen LogP contribution is 2.36. The van der Waals surface area contributed by atoms with Crippen LogP contribution in [0.25, 0.3) is 0 Å².